The lowest BCUT2D eigenvalue weighted by molar-refractivity contribution is 0.166. The van der Waals surface area contributed by atoms with Gasteiger partial charge in [-0.1, -0.05) is 19.3 Å². The van der Waals surface area contributed by atoms with Crippen LogP contribution in [0.5, 0.6) is 0 Å². The van der Waals surface area contributed by atoms with E-state index >= 15 is 0 Å². The molecule has 1 aromatic rings. The van der Waals surface area contributed by atoms with E-state index in [2.05, 4.69) is 39.8 Å². The first-order valence-corrected chi connectivity index (χ1v) is 8.66. The third kappa shape index (κ3) is 5.20. The summed E-state index contributed by atoms with van der Waals surface area (Å²) < 4.78 is 1.92. The molecule has 0 bridgehead atoms. The Balaban J connectivity index is 1.77. The van der Waals surface area contributed by atoms with E-state index in [1.54, 1.807) is 6.33 Å². The lowest BCUT2D eigenvalue weighted by Crippen LogP contribution is -2.47. The molecule has 1 aliphatic carbocycles. The van der Waals surface area contributed by atoms with Gasteiger partial charge in [0.1, 0.15) is 6.33 Å². The smallest absolute Gasteiger partial charge is 0.315 e. The summed E-state index contributed by atoms with van der Waals surface area (Å²) in [6.07, 6.45) is 8.20. The lowest BCUT2D eigenvalue weighted by atomic mass is 9.83. The molecule has 2 amide bonds. The number of amides is 2. The molecule has 130 valence electrons. The Hall–Kier alpha value is -1.63. The monoisotopic (exact) mass is 322 g/mol. The van der Waals surface area contributed by atoms with Gasteiger partial charge in [-0.05, 0) is 39.8 Å². The van der Waals surface area contributed by atoms with Crippen LogP contribution in [0.4, 0.5) is 4.79 Å². The van der Waals surface area contributed by atoms with E-state index < -0.39 is 0 Å². The molecular weight excluding hydrogens is 292 g/mol. The highest BCUT2D eigenvalue weighted by Gasteiger charge is 2.25. The number of likely N-dealkylation sites (N-methyl/N-ethyl adjacent to an activating group) is 1. The highest BCUT2D eigenvalue weighted by molar-refractivity contribution is 5.73. The Bertz CT molecular complexity index is 481. The third-order valence-corrected chi connectivity index (χ3v) is 4.77. The van der Waals surface area contributed by atoms with Crippen molar-refractivity contribution in [3.63, 3.8) is 0 Å². The molecule has 1 aromatic heterocycles. The van der Waals surface area contributed by atoms with Gasteiger partial charge in [0.15, 0.2) is 5.82 Å². The van der Waals surface area contributed by atoms with Crippen molar-refractivity contribution < 1.29 is 4.79 Å². The van der Waals surface area contributed by atoms with Crippen LogP contribution in [0.2, 0.25) is 0 Å². The van der Waals surface area contributed by atoms with Crippen molar-refractivity contribution in [3.05, 3.63) is 12.2 Å². The van der Waals surface area contributed by atoms with E-state index in [0.29, 0.717) is 25.0 Å². The van der Waals surface area contributed by atoms with Gasteiger partial charge in [-0.15, -0.1) is 10.2 Å². The summed E-state index contributed by atoms with van der Waals surface area (Å²) in [5.41, 5.74) is 0. The number of nitrogens with one attached hydrogen (secondary N) is 2. The van der Waals surface area contributed by atoms with Crippen LogP contribution in [0.25, 0.3) is 0 Å². The number of urea groups is 1. The summed E-state index contributed by atoms with van der Waals surface area (Å²) in [5, 5.41) is 13.8. The quantitative estimate of drug-likeness (QED) is 0.800. The van der Waals surface area contributed by atoms with Gasteiger partial charge in [-0.2, -0.15) is 0 Å². The van der Waals surface area contributed by atoms with E-state index in [-0.39, 0.29) is 6.03 Å². The Morgan fingerprint density at radius 3 is 2.74 bits per heavy atom. The summed E-state index contributed by atoms with van der Waals surface area (Å²) in [7, 11) is 4.20. The third-order valence-electron chi connectivity index (χ3n) is 4.77. The van der Waals surface area contributed by atoms with Crippen molar-refractivity contribution in [3.8, 4) is 0 Å². The molecule has 7 nitrogen and oxygen atoms in total. The minimum atomic E-state index is -0.140. The molecule has 1 heterocycles. The number of nitrogens with zero attached hydrogens (tertiary/aromatic N) is 4. The second-order valence-electron chi connectivity index (χ2n) is 6.53. The van der Waals surface area contributed by atoms with Gasteiger partial charge in [-0.3, -0.25) is 0 Å². The number of hydrogen-bond acceptors (Lipinski definition) is 4. The van der Waals surface area contributed by atoms with Gasteiger partial charge >= 0.3 is 6.03 Å². The van der Waals surface area contributed by atoms with Crippen LogP contribution in [-0.2, 0) is 13.1 Å². The van der Waals surface area contributed by atoms with Gasteiger partial charge in [-0.25, -0.2) is 4.79 Å². The van der Waals surface area contributed by atoms with E-state index in [0.717, 1.165) is 12.4 Å². The van der Waals surface area contributed by atoms with E-state index in [4.69, 9.17) is 0 Å². The first-order valence-electron chi connectivity index (χ1n) is 8.66. The molecule has 0 radical (unpaired) electrons. The zero-order valence-electron chi connectivity index (χ0n) is 14.6. The first kappa shape index (κ1) is 17.7. The number of aromatic nitrogens is 3. The molecule has 1 saturated carbocycles. The van der Waals surface area contributed by atoms with Crippen molar-refractivity contribution in [2.75, 3.05) is 20.6 Å². The fourth-order valence-electron chi connectivity index (χ4n) is 3.39. The normalized spacial score (nSPS) is 17.2. The Morgan fingerprint density at radius 2 is 2.09 bits per heavy atom. The second kappa shape index (κ2) is 8.86. The molecule has 0 aliphatic heterocycles. The van der Waals surface area contributed by atoms with Crippen molar-refractivity contribution in [1.29, 1.82) is 0 Å². The standard InChI is InChI=1S/C16H30N6O/c1-4-22-12-19-20-15(22)11-18-16(23)17-10-14(21(2)3)13-8-6-5-7-9-13/h12-14H,4-11H2,1-3H3,(H2,17,18,23)/t14-/m1/s1. The Kier molecular flexibility index (Phi) is 6.83. The van der Waals surface area contributed by atoms with Crippen molar-refractivity contribution in [2.24, 2.45) is 5.92 Å². The van der Waals surface area contributed by atoms with Crippen LogP contribution in [0.1, 0.15) is 44.9 Å². The fraction of sp³-hybridized carbons (Fsp3) is 0.812. The molecule has 1 atom stereocenters. The molecule has 1 fully saturated rings. The largest absolute Gasteiger partial charge is 0.337 e. The molecule has 2 N–H and O–H groups in total. The lowest BCUT2D eigenvalue weighted by Gasteiger charge is -2.34. The SMILES string of the molecule is CCn1cnnc1CNC(=O)NC[C@H](C1CCCCC1)N(C)C. The summed E-state index contributed by atoms with van der Waals surface area (Å²) in [6.45, 7) is 3.91. The maximum absolute atomic E-state index is 12.0. The maximum Gasteiger partial charge on any atom is 0.315 e. The number of aryl methyl sites for hydroxylation is 1. The van der Waals surface area contributed by atoms with Gasteiger partial charge in [0, 0.05) is 19.1 Å². The van der Waals surface area contributed by atoms with E-state index in [9.17, 15) is 4.79 Å². The van der Waals surface area contributed by atoms with Crippen LogP contribution in [0.15, 0.2) is 6.33 Å². The van der Waals surface area contributed by atoms with Crippen molar-refractivity contribution in [2.45, 2.75) is 58.2 Å². The molecule has 0 aromatic carbocycles. The summed E-state index contributed by atoms with van der Waals surface area (Å²) in [5.74, 6) is 1.46. The zero-order chi connectivity index (χ0) is 16.7. The number of hydrogen-bond donors (Lipinski definition) is 2. The summed E-state index contributed by atoms with van der Waals surface area (Å²) in [6, 6.07) is 0.263. The van der Waals surface area contributed by atoms with Crippen LogP contribution in [0, 0.1) is 5.92 Å². The van der Waals surface area contributed by atoms with E-state index in [1.807, 2.05) is 11.5 Å². The molecule has 0 unspecified atom stereocenters. The van der Waals surface area contributed by atoms with Crippen molar-refractivity contribution >= 4 is 6.03 Å². The van der Waals surface area contributed by atoms with Crippen LogP contribution in [-0.4, -0.2) is 52.4 Å². The fourth-order valence-corrected chi connectivity index (χ4v) is 3.39. The Morgan fingerprint density at radius 1 is 1.35 bits per heavy atom. The molecular formula is C16H30N6O. The van der Waals surface area contributed by atoms with Gasteiger partial charge in [0.2, 0.25) is 0 Å². The van der Waals surface area contributed by atoms with Crippen molar-refractivity contribution in [1.82, 2.24) is 30.3 Å². The van der Waals surface area contributed by atoms with Crippen LogP contribution in [0.3, 0.4) is 0 Å². The molecule has 23 heavy (non-hydrogen) atoms. The second-order valence-corrected chi connectivity index (χ2v) is 6.53. The van der Waals surface area contributed by atoms with Crippen LogP contribution < -0.4 is 10.6 Å². The highest BCUT2D eigenvalue weighted by atomic mass is 16.2. The molecule has 0 spiro atoms. The van der Waals surface area contributed by atoms with Gasteiger partial charge < -0.3 is 20.1 Å². The summed E-state index contributed by atoms with van der Waals surface area (Å²) in [4.78, 5) is 14.3. The maximum atomic E-state index is 12.0. The number of carbonyl (C=O) groups is 1. The van der Waals surface area contributed by atoms with Gasteiger partial charge in [0.05, 0.1) is 6.54 Å². The highest BCUT2D eigenvalue weighted by Crippen LogP contribution is 2.27. The topological polar surface area (TPSA) is 75.1 Å². The molecule has 2 rings (SSSR count). The zero-order valence-corrected chi connectivity index (χ0v) is 14.6. The average Bonchev–Trinajstić information content (AvgIpc) is 3.01. The Labute approximate surface area is 138 Å². The minimum Gasteiger partial charge on any atom is -0.337 e. The van der Waals surface area contributed by atoms with Crippen LogP contribution >= 0.6 is 0 Å². The predicted octanol–water partition coefficient (Wildman–Crippen LogP) is 1.61. The van der Waals surface area contributed by atoms with E-state index in [1.165, 1.54) is 32.1 Å². The molecule has 1 aliphatic rings. The van der Waals surface area contributed by atoms with Gasteiger partial charge in [0.25, 0.3) is 0 Å². The number of carbonyl (C=O) groups excluding carboxylic acids is 1. The average molecular weight is 322 g/mol. The molecule has 0 saturated heterocycles. The molecule has 7 heteroatoms. The first-order chi connectivity index (χ1) is 11.1. The summed E-state index contributed by atoms with van der Waals surface area (Å²) >= 11 is 0. The minimum absolute atomic E-state index is 0.140. The predicted molar refractivity (Wildman–Crippen MR) is 90.0 cm³/mol. The number of rotatable bonds is 7.